The van der Waals surface area contributed by atoms with Crippen LogP contribution in [0.4, 0.5) is 0 Å². The average Bonchev–Trinajstić information content (AvgIpc) is 3.23. The molecule has 5 nitrogen and oxygen atoms in total. The number of aromatic nitrogens is 2. The summed E-state index contributed by atoms with van der Waals surface area (Å²) in [5, 5.41) is 7.00. The highest BCUT2D eigenvalue weighted by molar-refractivity contribution is 5.28. The van der Waals surface area contributed by atoms with Crippen LogP contribution in [0.2, 0.25) is 0 Å². The summed E-state index contributed by atoms with van der Waals surface area (Å²) in [7, 11) is 3.75. The van der Waals surface area contributed by atoms with Crippen molar-refractivity contribution in [1.29, 1.82) is 0 Å². The maximum atomic E-state index is 5.32. The Kier molecular flexibility index (Phi) is 5.76. The molecule has 3 N–H and O–H groups in total. The van der Waals surface area contributed by atoms with Crippen LogP contribution < -0.4 is 15.0 Å². The number of hydrogen-bond acceptors (Lipinski definition) is 2. The third-order valence-corrected chi connectivity index (χ3v) is 5.67. The van der Waals surface area contributed by atoms with Gasteiger partial charge in [-0.15, -0.1) is 0 Å². The van der Waals surface area contributed by atoms with Crippen molar-refractivity contribution in [3.05, 3.63) is 46.8 Å². The van der Waals surface area contributed by atoms with E-state index in [4.69, 9.17) is 4.74 Å². The maximum absolute atomic E-state index is 5.32. The zero-order valence-corrected chi connectivity index (χ0v) is 16.0. The number of methoxy groups -OCH3 is 1. The van der Waals surface area contributed by atoms with E-state index in [-0.39, 0.29) is 0 Å². The molecule has 1 aromatic carbocycles. The van der Waals surface area contributed by atoms with Crippen molar-refractivity contribution in [3.8, 4) is 5.75 Å². The van der Waals surface area contributed by atoms with E-state index in [0.29, 0.717) is 6.04 Å². The van der Waals surface area contributed by atoms with Crippen LogP contribution in [0.5, 0.6) is 5.75 Å². The maximum Gasteiger partial charge on any atom is 0.163 e. The molecule has 0 amide bonds. The molecule has 1 aromatic heterocycles. The summed E-state index contributed by atoms with van der Waals surface area (Å²) in [4.78, 5) is 1.72. The second-order valence-corrected chi connectivity index (χ2v) is 7.19. The van der Waals surface area contributed by atoms with Crippen molar-refractivity contribution >= 4 is 0 Å². The molecule has 0 aliphatic carbocycles. The lowest BCUT2D eigenvalue weighted by molar-refractivity contribution is -0.935. The van der Waals surface area contributed by atoms with E-state index in [2.05, 4.69) is 48.5 Å². The summed E-state index contributed by atoms with van der Waals surface area (Å²) < 4.78 is 7.31. The van der Waals surface area contributed by atoms with Crippen molar-refractivity contribution in [2.75, 3.05) is 26.7 Å². The summed E-state index contributed by atoms with van der Waals surface area (Å²) in [6.07, 6.45) is 2.70. The minimum Gasteiger partial charge on any atom is -0.497 e. The van der Waals surface area contributed by atoms with Gasteiger partial charge < -0.3 is 15.0 Å². The number of nitrogens with one attached hydrogen (secondary N) is 1. The zero-order valence-electron chi connectivity index (χ0n) is 16.0. The molecule has 1 fully saturated rings. The lowest BCUT2D eigenvalue weighted by Gasteiger charge is -2.24. The van der Waals surface area contributed by atoms with Gasteiger partial charge in [-0.05, 0) is 38.1 Å². The Morgan fingerprint density at radius 1 is 1.20 bits per heavy atom. The quantitative estimate of drug-likeness (QED) is 0.770. The molecule has 136 valence electrons. The van der Waals surface area contributed by atoms with Crippen LogP contribution in [0.3, 0.4) is 0 Å². The number of nitrogens with two attached hydrogens (primary N) is 1. The second-order valence-electron chi connectivity index (χ2n) is 7.19. The first-order valence-corrected chi connectivity index (χ1v) is 9.39. The number of likely N-dealkylation sites (tertiary alicyclic amines) is 1. The van der Waals surface area contributed by atoms with Crippen molar-refractivity contribution in [1.82, 2.24) is 9.78 Å². The third kappa shape index (κ3) is 4.05. The SMILES string of the molecule is COc1ccc([C@@H](C[NH2+]Cc2c(C)nn(C)c2C)[NH+]2CCCC2)cc1. The Balaban J connectivity index is 1.69. The predicted molar refractivity (Wildman–Crippen MR) is 98.8 cm³/mol. The highest BCUT2D eigenvalue weighted by Gasteiger charge is 2.29. The van der Waals surface area contributed by atoms with Crippen LogP contribution in [0.25, 0.3) is 0 Å². The third-order valence-electron chi connectivity index (χ3n) is 5.67. The van der Waals surface area contributed by atoms with Gasteiger partial charge in [0, 0.05) is 36.7 Å². The number of benzene rings is 1. The van der Waals surface area contributed by atoms with E-state index in [9.17, 15) is 0 Å². The largest absolute Gasteiger partial charge is 0.497 e. The zero-order chi connectivity index (χ0) is 17.8. The molecule has 3 rings (SSSR count). The molecule has 0 spiro atoms. The van der Waals surface area contributed by atoms with Gasteiger partial charge in [0.1, 0.15) is 18.8 Å². The number of aryl methyl sites for hydroxylation is 2. The first kappa shape index (κ1) is 18.0. The fourth-order valence-electron chi connectivity index (χ4n) is 4.06. The Morgan fingerprint density at radius 2 is 1.88 bits per heavy atom. The fourth-order valence-corrected chi connectivity index (χ4v) is 4.06. The normalized spacial score (nSPS) is 16.3. The molecule has 25 heavy (non-hydrogen) atoms. The number of hydrogen-bond donors (Lipinski definition) is 2. The van der Waals surface area contributed by atoms with E-state index in [1.165, 1.54) is 42.8 Å². The molecule has 2 aromatic rings. The van der Waals surface area contributed by atoms with Crippen LogP contribution in [0.1, 0.15) is 41.4 Å². The predicted octanol–water partition coefficient (Wildman–Crippen LogP) is 0.529. The fraction of sp³-hybridized carbons (Fsp3) is 0.550. The Bertz CT molecular complexity index is 686. The monoisotopic (exact) mass is 344 g/mol. The Morgan fingerprint density at radius 3 is 2.44 bits per heavy atom. The van der Waals surface area contributed by atoms with E-state index < -0.39 is 0 Å². The molecule has 1 aliphatic rings. The van der Waals surface area contributed by atoms with Crippen LogP contribution >= 0.6 is 0 Å². The lowest BCUT2D eigenvalue weighted by atomic mass is 10.0. The van der Waals surface area contributed by atoms with E-state index in [0.717, 1.165) is 24.5 Å². The molecule has 1 aliphatic heterocycles. The Labute approximate surface area is 151 Å². The minimum atomic E-state index is 0.547. The molecule has 2 heterocycles. The molecule has 1 atom stereocenters. The molecule has 0 unspecified atom stereocenters. The molecule has 5 heteroatoms. The summed E-state index contributed by atoms with van der Waals surface area (Å²) in [6, 6.07) is 9.21. The van der Waals surface area contributed by atoms with E-state index in [1.54, 1.807) is 12.0 Å². The van der Waals surface area contributed by atoms with Gasteiger partial charge in [-0.25, -0.2) is 0 Å². The van der Waals surface area contributed by atoms with Crippen LogP contribution in [0, 0.1) is 13.8 Å². The standard InChI is InChI=1S/C20H30N4O/c1-15-19(16(2)23(3)22-15)13-21-14-20(24-11-5-6-12-24)17-7-9-18(25-4)10-8-17/h7-10,20-21H,5-6,11-14H2,1-4H3/p+2/t20-/m1/s1. The molecule has 0 radical (unpaired) electrons. The van der Waals surface area contributed by atoms with Crippen molar-refractivity contribution < 1.29 is 15.0 Å². The molecule has 0 saturated carbocycles. The highest BCUT2D eigenvalue weighted by Crippen LogP contribution is 2.16. The summed E-state index contributed by atoms with van der Waals surface area (Å²) >= 11 is 0. The van der Waals surface area contributed by atoms with Gasteiger partial charge in [-0.3, -0.25) is 4.68 Å². The second kappa shape index (κ2) is 8.02. The first-order chi connectivity index (χ1) is 12.1. The van der Waals surface area contributed by atoms with Crippen molar-refractivity contribution in [3.63, 3.8) is 0 Å². The van der Waals surface area contributed by atoms with Gasteiger partial charge in [0.25, 0.3) is 0 Å². The van der Waals surface area contributed by atoms with Crippen LogP contribution in [0.15, 0.2) is 24.3 Å². The minimum absolute atomic E-state index is 0.547. The lowest BCUT2D eigenvalue weighted by Crippen LogP contribution is -3.13. The number of rotatable bonds is 7. The van der Waals surface area contributed by atoms with Gasteiger partial charge in [0.15, 0.2) is 6.04 Å². The smallest absolute Gasteiger partial charge is 0.163 e. The number of ether oxygens (including phenoxy) is 1. The van der Waals surface area contributed by atoms with Crippen molar-refractivity contribution in [2.24, 2.45) is 7.05 Å². The van der Waals surface area contributed by atoms with Gasteiger partial charge in [0.05, 0.1) is 25.9 Å². The average molecular weight is 345 g/mol. The molecular formula is C20H32N4O+2. The van der Waals surface area contributed by atoms with Crippen LogP contribution in [-0.2, 0) is 13.6 Å². The highest BCUT2D eigenvalue weighted by atomic mass is 16.5. The van der Waals surface area contributed by atoms with Gasteiger partial charge in [-0.2, -0.15) is 5.10 Å². The first-order valence-electron chi connectivity index (χ1n) is 9.39. The van der Waals surface area contributed by atoms with Gasteiger partial charge >= 0.3 is 0 Å². The number of nitrogens with zero attached hydrogens (tertiary/aromatic N) is 2. The van der Waals surface area contributed by atoms with E-state index in [1.807, 2.05) is 11.7 Å². The topological polar surface area (TPSA) is 48.1 Å². The van der Waals surface area contributed by atoms with Crippen LogP contribution in [-0.4, -0.2) is 36.5 Å². The Hall–Kier alpha value is -1.85. The van der Waals surface area contributed by atoms with Gasteiger partial charge in [-0.1, -0.05) is 0 Å². The summed E-state index contributed by atoms with van der Waals surface area (Å²) in [6.45, 7) is 8.96. The molecule has 0 bridgehead atoms. The van der Waals surface area contributed by atoms with E-state index >= 15 is 0 Å². The molecular weight excluding hydrogens is 312 g/mol. The summed E-state index contributed by atoms with van der Waals surface area (Å²) in [5.41, 5.74) is 5.25. The number of quaternary nitrogens is 2. The molecule has 1 saturated heterocycles. The summed E-state index contributed by atoms with van der Waals surface area (Å²) in [5.74, 6) is 0.935. The van der Waals surface area contributed by atoms with Crippen molar-refractivity contribution in [2.45, 2.75) is 39.3 Å². The van der Waals surface area contributed by atoms with Gasteiger partial charge in [0.2, 0.25) is 0 Å².